The van der Waals surface area contributed by atoms with Crippen molar-refractivity contribution in [3.63, 3.8) is 0 Å². The van der Waals surface area contributed by atoms with E-state index in [-0.39, 0.29) is 24.4 Å². The molecule has 6 nitrogen and oxygen atoms in total. The Morgan fingerprint density at radius 3 is 2.71 bits per heavy atom. The van der Waals surface area contributed by atoms with Crippen molar-refractivity contribution in [2.45, 2.75) is 25.3 Å². The monoisotopic (exact) mass is 335 g/mol. The van der Waals surface area contributed by atoms with Crippen LogP contribution in [0, 0.1) is 11.7 Å². The van der Waals surface area contributed by atoms with Gasteiger partial charge >= 0.3 is 12.0 Å². The van der Waals surface area contributed by atoms with Crippen LogP contribution >= 0.6 is 0 Å². The lowest BCUT2D eigenvalue weighted by atomic mass is 9.99. The van der Waals surface area contributed by atoms with Gasteiger partial charge in [0.05, 0.1) is 11.6 Å². The number of nitrogens with one attached hydrogen (secondary N) is 1. The van der Waals surface area contributed by atoms with Crippen molar-refractivity contribution in [3.8, 4) is 0 Å². The van der Waals surface area contributed by atoms with Crippen molar-refractivity contribution in [3.05, 3.63) is 30.1 Å². The predicted octanol–water partition coefficient (Wildman–Crippen LogP) is 1.91. The molecule has 7 heteroatoms. The van der Waals surface area contributed by atoms with Crippen LogP contribution in [-0.4, -0.2) is 54.2 Å². The Bertz CT molecular complexity index is 625. The van der Waals surface area contributed by atoms with Gasteiger partial charge in [0.1, 0.15) is 5.82 Å². The second kappa shape index (κ2) is 7.07. The molecule has 2 fully saturated rings. The molecule has 0 aliphatic carbocycles. The van der Waals surface area contributed by atoms with Crippen LogP contribution in [0.4, 0.5) is 14.9 Å². The number of likely N-dealkylation sites (tertiary alicyclic amines) is 1. The number of para-hydroxylation sites is 1. The van der Waals surface area contributed by atoms with E-state index in [0.717, 1.165) is 6.42 Å². The third-order valence-electron chi connectivity index (χ3n) is 4.77. The van der Waals surface area contributed by atoms with Gasteiger partial charge in [-0.2, -0.15) is 0 Å². The highest BCUT2D eigenvalue weighted by Crippen LogP contribution is 2.23. The predicted molar refractivity (Wildman–Crippen MR) is 87.5 cm³/mol. The molecular weight excluding hydrogens is 313 g/mol. The highest BCUT2D eigenvalue weighted by atomic mass is 19.1. The van der Waals surface area contributed by atoms with Gasteiger partial charge in [0.15, 0.2) is 0 Å². The van der Waals surface area contributed by atoms with Crippen molar-refractivity contribution >= 4 is 17.7 Å². The summed E-state index contributed by atoms with van der Waals surface area (Å²) in [5.74, 6) is -1.59. The Balaban J connectivity index is 1.54. The van der Waals surface area contributed by atoms with E-state index in [9.17, 15) is 14.0 Å². The van der Waals surface area contributed by atoms with Gasteiger partial charge in [-0.1, -0.05) is 12.1 Å². The van der Waals surface area contributed by atoms with Crippen LogP contribution in [0.25, 0.3) is 0 Å². The van der Waals surface area contributed by atoms with Crippen molar-refractivity contribution in [1.29, 1.82) is 0 Å². The van der Waals surface area contributed by atoms with Gasteiger partial charge in [0, 0.05) is 32.2 Å². The zero-order valence-corrected chi connectivity index (χ0v) is 13.4. The van der Waals surface area contributed by atoms with E-state index < -0.39 is 11.9 Å². The Morgan fingerprint density at radius 1 is 1.17 bits per heavy atom. The maximum absolute atomic E-state index is 13.8. The fraction of sp³-hybridized carbons (Fsp3) is 0.529. The van der Waals surface area contributed by atoms with Gasteiger partial charge in [-0.05, 0) is 31.4 Å². The highest BCUT2D eigenvalue weighted by molar-refractivity contribution is 5.77. The molecule has 1 aromatic carbocycles. The molecule has 0 spiro atoms. The number of nitrogens with zero attached hydrogens (tertiary/aromatic N) is 2. The van der Waals surface area contributed by atoms with Crippen LogP contribution in [0.2, 0.25) is 0 Å². The number of amides is 2. The number of benzene rings is 1. The number of hydrogen-bond donors (Lipinski definition) is 2. The molecular formula is C17H22FN3O3. The largest absolute Gasteiger partial charge is 0.481 e. The molecule has 0 saturated carbocycles. The molecule has 24 heavy (non-hydrogen) atoms. The van der Waals surface area contributed by atoms with E-state index in [1.807, 2.05) is 4.90 Å². The lowest BCUT2D eigenvalue weighted by molar-refractivity contribution is -0.143. The maximum Gasteiger partial charge on any atom is 0.317 e. The molecule has 1 aromatic rings. The Labute approximate surface area is 140 Å². The number of rotatable bonds is 3. The smallest absolute Gasteiger partial charge is 0.317 e. The minimum atomic E-state index is -0.848. The van der Waals surface area contributed by atoms with Gasteiger partial charge in [0.2, 0.25) is 0 Å². The van der Waals surface area contributed by atoms with Crippen LogP contribution in [-0.2, 0) is 4.79 Å². The number of piperidine rings is 1. The first-order valence-corrected chi connectivity index (χ1v) is 8.32. The van der Waals surface area contributed by atoms with E-state index in [0.29, 0.717) is 38.2 Å². The molecule has 2 heterocycles. The first kappa shape index (κ1) is 16.5. The lowest BCUT2D eigenvalue weighted by Gasteiger charge is -2.31. The highest BCUT2D eigenvalue weighted by Gasteiger charge is 2.31. The average molecular weight is 335 g/mol. The summed E-state index contributed by atoms with van der Waals surface area (Å²) < 4.78 is 13.8. The summed E-state index contributed by atoms with van der Waals surface area (Å²) in [7, 11) is 0. The molecule has 2 amide bonds. The second-order valence-corrected chi connectivity index (χ2v) is 6.46. The van der Waals surface area contributed by atoms with E-state index in [4.69, 9.17) is 5.11 Å². The summed E-state index contributed by atoms with van der Waals surface area (Å²) >= 11 is 0. The van der Waals surface area contributed by atoms with Crippen molar-refractivity contribution < 1.29 is 19.1 Å². The lowest BCUT2D eigenvalue weighted by Crippen LogP contribution is -2.50. The number of urea groups is 1. The number of carboxylic acid groups (broad SMARTS) is 1. The number of carboxylic acids is 1. The zero-order valence-electron chi connectivity index (χ0n) is 13.4. The molecule has 2 aliphatic heterocycles. The average Bonchev–Trinajstić information content (AvgIpc) is 3.03. The van der Waals surface area contributed by atoms with Crippen molar-refractivity contribution in [1.82, 2.24) is 10.2 Å². The second-order valence-electron chi connectivity index (χ2n) is 6.46. The molecule has 3 rings (SSSR count). The van der Waals surface area contributed by atoms with Crippen LogP contribution in [0.1, 0.15) is 19.3 Å². The third-order valence-corrected chi connectivity index (χ3v) is 4.77. The zero-order chi connectivity index (χ0) is 17.1. The standard InChI is InChI=1S/C17H22FN3O3/c18-14-5-1-2-6-15(14)20-9-7-13(11-20)19-17(24)21-8-3-4-12(10-21)16(22)23/h1-2,5-6,12-13H,3-4,7-11H2,(H,19,24)(H,22,23). The summed E-state index contributed by atoms with van der Waals surface area (Å²) in [4.78, 5) is 27.0. The normalized spacial score (nSPS) is 24.0. The number of hydrogen-bond acceptors (Lipinski definition) is 3. The molecule has 2 N–H and O–H groups in total. The van der Waals surface area contributed by atoms with Gasteiger partial charge in [0.25, 0.3) is 0 Å². The molecule has 2 atom stereocenters. The van der Waals surface area contributed by atoms with E-state index in [1.54, 1.807) is 23.1 Å². The fourth-order valence-corrected chi connectivity index (χ4v) is 3.43. The van der Waals surface area contributed by atoms with Crippen LogP contribution < -0.4 is 10.2 Å². The first-order chi connectivity index (χ1) is 11.5. The van der Waals surface area contributed by atoms with E-state index in [1.165, 1.54) is 6.07 Å². The van der Waals surface area contributed by atoms with Crippen LogP contribution in [0.15, 0.2) is 24.3 Å². The third kappa shape index (κ3) is 3.60. The Kier molecular flexibility index (Phi) is 4.87. The van der Waals surface area contributed by atoms with Gasteiger partial charge < -0.3 is 20.2 Å². The number of carbonyl (C=O) groups is 2. The topological polar surface area (TPSA) is 72.9 Å². The SMILES string of the molecule is O=C(O)C1CCCN(C(=O)NC2CCN(c3ccccc3F)C2)C1. The van der Waals surface area contributed by atoms with Gasteiger partial charge in [-0.25, -0.2) is 9.18 Å². The molecule has 2 aliphatic rings. The number of halogens is 1. The summed E-state index contributed by atoms with van der Waals surface area (Å²) in [6, 6.07) is 6.35. The Morgan fingerprint density at radius 2 is 1.96 bits per heavy atom. The first-order valence-electron chi connectivity index (χ1n) is 8.32. The minimum absolute atomic E-state index is 0.0534. The molecule has 2 unspecified atom stereocenters. The van der Waals surface area contributed by atoms with Crippen molar-refractivity contribution in [2.24, 2.45) is 5.92 Å². The summed E-state index contributed by atoms with van der Waals surface area (Å²) in [6.07, 6.45) is 2.07. The van der Waals surface area contributed by atoms with Gasteiger partial charge in [-0.3, -0.25) is 4.79 Å². The number of aliphatic carboxylic acids is 1. The molecule has 0 radical (unpaired) electrons. The van der Waals surface area contributed by atoms with Crippen molar-refractivity contribution in [2.75, 3.05) is 31.1 Å². The summed E-state index contributed by atoms with van der Waals surface area (Å²) in [6.45, 7) is 2.08. The van der Waals surface area contributed by atoms with Crippen LogP contribution in [0.3, 0.4) is 0 Å². The number of anilines is 1. The minimum Gasteiger partial charge on any atom is -0.481 e. The van der Waals surface area contributed by atoms with E-state index in [2.05, 4.69) is 5.32 Å². The fourth-order valence-electron chi connectivity index (χ4n) is 3.43. The summed E-state index contributed by atoms with van der Waals surface area (Å²) in [5.41, 5.74) is 0.554. The molecule has 0 bridgehead atoms. The van der Waals surface area contributed by atoms with E-state index >= 15 is 0 Å². The number of carbonyl (C=O) groups excluding carboxylic acids is 1. The maximum atomic E-state index is 13.8. The quantitative estimate of drug-likeness (QED) is 0.885. The molecule has 130 valence electrons. The Hall–Kier alpha value is -2.31. The van der Waals surface area contributed by atoms with Gasteiger partial charge in [-0.15, -0.1) is 0 Å². The molecule has 2 saturated heterocycles. The summed E-state index contributed by atoms with van der Waals surface area (Å²) in [5, 5.41) is 12.1. The van der Waals surface area contributed by atoms with Crippen LogP contribution in [0.5, 0.6) is 0 Å². The molecule has 0 aromatic heterocycles.